The van der Waals surface area contributed by atoms with Gasteiger partial charge in [-0.05, 0) is 37.8 Å². The third-order valence-corrected chi connectivity index (χ3v) is 6.45. The first-order valence-corrected chi connectivity index (χ1v) is 8.93. The number of piperidine rings is 1. The summed E-state index contributed by atoms with van der Waals surface area (Å²) in [7, 11) is -3.59. The highest BCUT2D eigenvalue weighted by Crippen LogP contribution is 2.31. The van der Waals surface area contributed by atoms with E-state index in [4.69, 9.17) is 0 Å². The minimum Gasteiger partial charge on any atom is -0.396 e. The summed E-state index contributed by atoms with van der Waals surface area (Å²) in [5.74, 6) is 0.0163. The van der Waals surface area contributed by atoms with Crippen molar-refractivity contribution in [3.63, 3.8) is 0 Å². The first-order chi connectivity index (χ1) is 10.5. The standard InChI is InChI=1S/C16H20N2O3S/c1-12-5-6-13(11-19)10-18(12)22(20,21)16-4-2-3-14-9-17-8-7-15(14)16/h2-4,7-9,12-13,19H,5-6,10-11H2,1H3. The molecule has 0 aliphatic carbocycles. The lowest BCUT2D eigenvalue weighted by Gasteiger charge is -2.36. The minimum absolute atomic E-state index is 0.0163. The molecule has 1 aliphatic rings. The largest absolute Gasteiger partial charge is 0.396 e. The van der Waals surface area contributed by atoms with Crippen LogP contribution in [0.5, 0.6) is 0 Å². The summed E-state index contributed by atoms with van der Waals surface area (Å²) in [6.45, 7) is 2.33. The first-order valence-electron chi connectivity index (χ1n) is 7.49. The summed E-state index contributed by atoms with van der Waals surface area (Å²) in [6.07, 6.45) is 4.92. The molecule has 0 saturated carbocycles. The van der Waals surface area contributed by atoms with Crippen molar-refractivity contribution in [1.82, 2.24) is 9.29 Å². The second-order valence-corrected chi connectivity index (χ2v) is 7.76. The minimum atomic E-state index is -3.59. The number of aromatic nitrogens is 1. The van der Waals surface area contributed by atoms with Crippen molar-refractivity contribution in [2.45, 2.75) is 30.7 Å². The van der Waals surface area contributed by atoms with Crippen molar-refractivity contribution in [1.29, 1.82) is 0 Å². The number of hydrogen-bond donors (Lipinski definition) is 1. The number of nitrogens with zero attached hydrogens (tertiary/aromatic N) is 2. The summed E-state index contributed by atoms with van der Waals surface area (Å²) in [5, 5.41) is 10.9. The molecule has 1 aliphatic heterocycles. The molecule has 1 aromatic carbocycles. The Kier molecular flexibility index (Phi) is 4.16. The van der Waals surface area contributed by atoms with Crippen LogP contribution in [0.3, 0.4) is 0 Å². The maximum Gasteiger partial charge on any atom is 0.243 e. The number of benzene rings is 1. The second kappa shape index (κ2) is 5.95. The van der Waals surface area contributed by atoms with Gasteiger partial charge in [0.05, 0.1) is 4.90 Å². The zero-order valence-corrected chi connectivity index (χ0v) is 13.3. The maximum atomic E-state index is 13.1. The van der Waals surface area contributed by atoms with Gasteiger partial charge in [-0.2, -0.15) is 4.31 Å². The summed E-state index contributed by atoms with van der Waals surface area (Å²) < 4.78 is 27.7. The quantitative estimate of drug-likeness (QED) is 0.939. The van der Waals surface area contributed by atoms with E-state index < -0.39 is 10.0 Å². The normalized spacial score (nSPS) is 23.7. The molecule has 2 aromatic rings. The molecule has 1 N–H and O–H groups in total. The van der Waals surface area contributed by atoms with Gasteiger partial charge >= 0.3 is 0 Å². The Balaban J connectivity index is 2.08. The number of fused-ring (bicyclic) bond motifs is 1. The Morgan fingerprint density at radius 1 is 1.32 bits per heavy atom. The number of sulfonamides is 1. The molecule has 0 amide bonds. The molecule has 1 saturated heterocycles. The van der Waals surface area contributed by atoms with Crippen LogP contribution in [-0.2, 0) is 10.0 Å². The Morgan fingerprint density at radius 2 is 2.14 bits per heavy atom. The fourth-order valence-electron chi connectivity index (χ4n) is 3.07. The lowest BCUT2D eigenvalue weighted by Crippen LogP contribution is -2.46. The molecule has 2 heterocycles. The van der Waals surface area contributed by atoms with Crippen molar-refractivity contribution in [3.8, 4) is 0 Å². The van der Waals surface area contributed by atoms with Gasteiger partial charge in [0.2, 0.25) is 10.0 Å². The average molecular weight is 320 g/mol. The molecule has 2 unspecified atom stereocenters. The van der Waals surface area contributed by atoms with Crippen LogP contribution in [0.15, 0.2) is 41.6 Å². The van der Waals surface area contributed by atoms with Crippen LogP contribution in [-0.4, -0.2) is 42.0 Å². The van der Waals surface area contributed by atoms with E-state index in [1.54, 1.807) is 30.6 Å². The van der Waals surface area contributed by atoms with E-state index in [-0.39, 0.29) is 18.6 Å². The predicted octanol–water partition coefficient (Wildman–Crippen LogP) is 2.02. The molecule has 0 bridgehead atoms. The molecule has 0 spiro atoms. The number of rotatable bonds is 3. The molecule has 5 nitrogen and oxygen atoms in total. The Labute approximate surface area is 130 Å². The van der Waals surface area contributed by atoms with E-state index in [9.17, 15) is 13.5 Å². The monoisotopic (exact) mass is 320 g/mol. The van der Waals surface area contributed by atoms with Gasteiger partial charge in [0.1, 0.15) is 0 Å². The highest BCUT2D eigenvalue weighted by Gasteiger charge is 2.35. The van der Waals surface area contributed by atoms with Crippen LogP contribution in [0.2, 0.25) is 0 Å². The average Bonchev–Trinajstić information content (AvgIpc) is 2.54. The summed E-state index contributed by atoms with van der Waals surface area (Å²) >= 11 is 0. The Hall–Kier alpha value is -1.50. The third kappa shape index (κ3) is 2.62. The fraction of sp³-hybridized carbons (Fsp3) is 0.438. The van der Waals surface area contributed by atoms with Crippen LogP contribution in [0, 0.1) is 5.92 Å². The number of aliphatic hydroxyl groups excluding tert-OH is 1. The van der Waals surface area contributed by atoms with Gasteiger partial charge in [0, 0.05) is 42.4 Å². The van der Waals surface area contributed by atoms with E-state index in [1.165, 1.54) is 4.31 Å². The van der Waals surface area contributed by atoms with E-state index in [2.05, 4.69) is 4.98 Å². The number of hydrogen-bond acceptors (Lipinski definition) is 4. The molecule has 1 fully saturated rings. The smallest absolute Gasteiger partial charge is 0.243 e. The lowest BCUT2D eigenvalue weighted by atomic mass is 9.96. The van der Waals surface area contributed by atoms with Gasteiger partial charge in [-0.1, -0.05) is 12.1 Å². The molecular formula is C16H20N2O3S. The lowest BCUT2D eigenvalue weighted by molar-refractivity contribution is 0.139. The van der Waals surface area contributed by atoms with Gasteiger partial charge in [-0.25, -0.2) is 8.42 Å². The Bertz CT molecular complexity index is 771. The zero-order chi connectivity index (χ0) is 15.7. The van der Waals surface area contributed by atoms with Crippen molar-refractivity contribution in [3.05, 3.63) is 36.7 Å². The molecule has 6 heteroatoms. The van der Waals surface area contributed by atoms with Gasteiger partial charge < -0.3 is 5.11 Å². The van der Waals surface area contributed by atoms with E-state index in [0.717, 1.165) is 18.2 Å². The third-order valence-electron chi connectivity index (χ3n) is 4.41. The highest BCUT2D eigenvalue weighted by molar-refractivity contribution is 7.89. The molecule has 3 rings (SSSR count). The van der Waals surface area contributed by atoms with Gasteiger partial charge in [-0.15, -0.1) is 0 Å². The summed E-state index contributed by atoms with van der Waals surface area (Å²) in [4.78, 5) is 4.36. The zero-order valence-electron chi connectivity index (χ0n) is 12.5. The fourth-order valence-corrected chi connectivity index (χ4v) is 5.03. The Morgan fingerprint density at radius 3 is 2.91 bits per heavy atom. The van der Waals surface area contributed by atoms with E-state index in [0.29, 0.717) is 16.8 Å². The topological polar surface area (TPSA) is 70.5 Å². The van der Waals surface area contributed by atoms with E-state index in [1.807, 2.05) is 13.0 Å². The van der Waals surface area contributed by atoms with Crippen LogP contribution in [0.4, 0.5) is 0 Å². The summed E-state index contributed by atoms with van der Waals surface area (Å²) in [5.41, 5.74) is 0. The van der Waals surface area contributed by atoms with Crippen molar-refractivity contribution in [2.75, 3.05) is 13.2 Å². The predicted molar refractivity (Wildman–Crippen MR) is 84.9 cm³/mol. The van der Waals surface area contributed by atoms with Crippen LogP contribution in [0.1, 0.15) is 19.8 Å². The number of pyridine rings is 1. The SMILES string of the molecule is CC1CCC(CO)CN1S(=O)(=O)c1cccc2cnccc12. The van der Waals surface area contributed by atoms with Crippen molar-refractivity contribution >= 4 is 20.8 Å². The van der Waals surface area contributed by atoms with Crippen LogP contribution < -0.4 is 0 Å². The molecule has 118 valence electrons. The van der Waals surface area contributed by atoms with Gasteiger partial charge in [0.15, 0.2) is 0 Å². The van der Waals surface area contributed by atoms with Crippen LogP contribution in [0.25, 0.3) is 10.8 Å². The highest BCUT2D eigenvalue weighted by atomic mass is 32.2. The molecule has 1 aromatic heterocycles. The van der Waals surface area contributed by atoms with Crippen molar-refractivity contribution in [2.24, 2.45) is 5.92 Å². The molecule has 22 heavy (non-hydrogen) atoms. The summed E-state index contributed by atoms with van der Waals surface area (Å²) in [6, 6.07) is 6.93. The van der Waals surface area contributed by atoms with Crippen LogP contribution >= 0.6 is 0 Å². The second-order valence-electron chi connectivity index (χ2n) is 5.90. The van der Waals surface area contributed by atoms with Crippen molar-refractivity contribution < 1.29 is 13.5 Å². The first kappa shape index (κ1) is 15.4. The van der Waals surface area contributed by atoms with Gasteiger partial charge in [-0.3, -0.25) is 4.98 Å². The van der Waals surface area contributed by atoms with Gasteiger partial charge in [0.25, 0.3) is 0 Å². The van der Waals surface area contributed by atoms with E-state index >= 15 is 0 Å². The molecule has 0 radical (unpaired) electrons. The molecule has 2 atom stereocenters. The molecular weight excluding hydrogens is 300 g/mol. The number of aliphatic hydroxyl groups is 1. The maximum absolute atomic E-state index is 13.1.